The summed E-state index contributed by atoms with van der Waals surface area (Å²) in [6.45, 7) is 2.67. The minimum atomic E-state index is -0.596. The second kappa shape index (κ2) is 7.59. The van der Waals surface area contributed by atoms with Crippen molar-refractivity contribution in [2.24, 2.45) is 5.73 Å². The number of primary amides is 1. The molecule has 2 amide bonds. The van der Waals surface area contributed by atoms with Gasteiger partial charge in [0.2, 0.25) is 5.91 Å². The summed E-state index contributed by atoms with van der Waals surface area (Å²) >= 11 is 6.07. The third kappa shape index (κ3) is 4.62. The molecule has 1 rings (SSSR count). The first-order valence-corrected chi connectivity index (χ1v) is 6.49. The Morgan fingerprint density at radius 1 is 1.35 bits per heavy atom. The van der Waals surface area contributed by atoms with Crippen LogP contribution >= 0.6 is 11.6 Å². The number of rotatable bonds is 7. The lowest BCUT2D eigenvalue weighted by molar-refractivity contribution is -0.118. The zero-order valence-corrected chi connectivity index (χ0v) is 12.2. The molecule has 7 heteroatoms. The molecule has 20 heavy (non-hydrogen) atoms. The van der Waals surface area contributed by atoms with Gasteiger partial charge in [-0.05, 0) is 12.5 Å². The Labute approximate surface area is 122 Å². The predicted octanol–water partition coefficient (Wildman–Crippen LogP) is 1.39. The van der Waals surface area contributed by atoms with E-state index in [9.17, 15) is 9.59 Å². The van der Waals surface area contributed by atoms with Crippen LogP contribution < -0.4 is 21.1 Å². The molecule has 0 aliphatic carbocycles. The summed E-state index contributed by atoms with van der Waals surface area (Å²) in [6, 6.07) is 3.10. The highest BCUT2D eigenvalue weighted by atomic mass is 35.5. The van der Waals surface area contributed by atoms with Crippen LogP contribution in [0.25, 0.3) is 0 Å². The van der Waals surface area contributed by atoms with E-state index in [1.54, 1.807) is 6.07 Å². The van der Waals surface area contributed by atoms with Gasteiger partial charge in [0, 0.05) is 26.1 Å². The average molecular weight is 300 g/mol. The fourth-order valence-corrected chi connectivity index (χ4v) is 1.86. The normalized spacial score (nSPS) is 9.95. The third-order valence-corrected chi connectivity index (χ3v) is 2.91. The van der Waals surface area contributed by atoms with Gasteiger partial charge >= 0.3 is 0 Å². The quantitative estimate of drug-likeness (QED) is 0.663. The fourth-order valence-electron chi connectivity index (χ4n) is 1.63. The van der Waals surface area contributed by atoms with Crippen molar-refractivity contribution < 1.29 is 14.3 Å². The molecular formula is C13H18ClN3O3. The van der Waals surface area contributed by atoms with Gasteiger partial charge in [-0.3, -0.25) is 9.59 Å². The number of ether oxygens (including phenoxy) is 1. The molecule has 0 saturated heterocycles. The van der Waals surface area contributed by atoms with Gasteiger partial charge in [-0.1, -0.05) is 11.6 Å². The first kappa shape index (κ1) is 16.1. The van der Waals surface area contributed by atoms with Gasteiger partial charge in [0.1, 0.15) is 5.75 Å². The number of nitrogens with one attached hydrogen (secondary N) is 2. The molecule has 1 aromatic carbocycles. The van der Waals surface area contributed by atoms with Crippen molar-refractivity contribution in [1.29, 1.82) is 0 Å². The second-order valence-corrected chi connectivity index (χ2v) is 4.57. The molecule has 4 N–H and O–H groups in total. The molecule has 0 saturated carbocycles. The van der Waals surface area contributed by atoms with Crippen molar-refractivity contribution in [1.82, 2.24) is 5.32 Å². The highest BCUT2D eigenvalue weighted by Gasteiger charge is 2.13. The molecule has 0 atom stereocenters. The van der Waals surface area contributed by atoms with Gasteiger partial charge in [-0.15, -0.1) is 0 Å². The lowest BCUT2D eigenvalue weighted by atomic mass is 10.1. The number of halogens is 1. The number of amides is 2. The molecule has 0 spiro atoms. The predicted molar refractivity (Wildman–Crippen MR) is 78.3 cm³/mol. The Balaban J connectivity index is 2.66. The molecule has 0 aliphatic rings. The van der Waals surface area contributed by atoms with Crippen molar-refractivity contribution >= 4 is 29.1 Å². The standard InChI is InChI=1S/C13H18ClN3O3/c1-8(18)16-4-3-5-17-11-7-12(20-2)9(13(15)19)6-10(11)14/h6-7,17H,3-5H2,1-2H3,(H2,15,19)(H,16,18). The molecule has 1 aromatic rings. The molecular weight excluding hydrogens is 282 g/mol. The minimum absolute atomic E-state index is 0.0597. The van der Waals surface area contributed by atoms with Crippen LogP contribution in [0, 0.1) is 0 Å². The van der Waals surface area contributed by atoms with Crippen LogP contribution in [0.1, 0.15) is 23.7 Å². The monoisotopic (exact) mass is 299 g/mol. The molecule has 110 valence electrons. The maximum absolute atomic E-state index is 11.2. The summed E-state index contributed by atoms with van der Waals surface area (Å²) in [5, 5.41) is 6.20. The minimum Gasteiger partial charge on any atom is -0.496 e. The van der Waals surface area contributed by atoms with Crippen molar-refractivity contribution in [3.8, 4) is 5.75 Å². The Hall–Kier alpha value is -1.95. The number of hydrogen-bond donors (Lipinski definition) is 3. The fraction of sp³-hybridized carbons (Fsp3) is 0.385. The topological polar surface area (TPSA) is 93.4 Å². The molecule has 0 aliphatic heterocycles. The van der Waals surface area contributed by atoms with Crippen molar-refractivity contribution in [3.05, 3.63) is 22.7 Å². The Morgan fingerprint density at radius 2 is 2.05 bits per heavy atom. The van der Waals surface area contributed by atoms with Crippen LogP contribution in [0.15, 0.2) is 12.1 Å². The number of nitrogens with two attached hydrogens (primary N) is 1. The Morgan fingerprint density at radius 3 is 2.60 bits per heavy atom. The molecule has 0 radical (unpaired) electrons. The highest BCUT2D eigenvalue weighted by Crippen LogP contribution is 2.30. The lowest BCUT2D eigenvalue weighted by Gasteiger charge is -2.12. The van der Waals surface area contributed by atoms with E-state index in [0.717, 1.165) is 6.42 Å². The number of anilines is 1. The smallest absolute Gasteiger partial charge is 0.252 e. The summed E-state index contributed by atoms with van der Waals surface area (Å²) in [4.78, 5) is 21.9. The van der Waals surface area contributed by atoms with E-state index >= 15 is 0 Å². The SMILES string of the molecule is COc1cc(NCCCNC(C)=O)c(Cl)cc1C(N)=O. The number of hydrogen-bond acceptors (Lipinski definition) is 4. The number of carbonyl (C=O) groups is 2. The third-order valence-electron chi connectivity index (χ3n) is 2.60. The van der Waals surface area contributed by atoms with E-state index in [4.69, 9.17) is 22.1 Å². The van der Waals surface area contributed by atoms with Crippen molar-refractivity contribution in [3.63, 3.8) is 0 Å². The van der Waals surface area contributed by atoms with Gasteiger partial charge < -0.3 is 21.1 Å². The number of benzene rings is 1. The largest absolute Gasteiger partial charge is 0.496 e. The molecule has 0 unspecified atom stereocenters. The summed E-state index contributed by atoms with van der Waals surface area (Å²) in [6.07, 6.45) is 0.746. The van der Waals surface area contributed by atoms with Gasteiger partial charge in [-0.2, -0.15) is 0 Å². The van der Waals surface area contributed by atoms with Crippen LogP contribution in [0.5, 0.6) is 5.75 Å². The average Bonchev–Trinajstić information content (AvgIpc) is 2.39. The van der Waals surface area contributed by atoms with Crippen LogP contribution in [0.3, 0.4) is 0 Å². The van der Waals surface area contributed by atoms with Crippen molar-refractivity contribution in [2.75, 3.05) is 25.5 Å². The van der Waals surface area contributed by atoms with Crippen LogP contribution in [0.2, 0.25) is 5.02 Å². The molecule has 6 nitrogen and oxygen atoms in total. The van der Waals surface area contributed by atoms with Crippen molar-refractivity contribution in [2.45, 2.75) is 13.3 Å². The molecule has 0 heterocycles. The lowest BCUT2D eigenvalue weighted by Crippen LogP contribution is -2.22. The van der Waals surface area contributed by atoms with Gasteiger partial charge in [0.25, 0.3) is 5.91 Å². The van der Waals surface area contributed by atoms with Crippen LogP contribution in [0.4, 0.5) is 5.69 Å². The van der Waals surface area contributed by atoms with E-state index in [-0.39, 0.29) is 11.5 Å². The van der Waals surface area contributed by atoms with Gasteiger partial charge in [0.15, 0.2) is 0 Å². The molecule has 0 fully saturated rings. The zero-order chi connectivity index (χ0) is 15.1. The van der Waals surface area contributed by atoms with E-state index in [1.165, 1.54) is 20.1 Å². The molecule has 0 aromatic heterocycles. The summed E-state index contributed by atoms with van der Waals surface area (Å²) in [7, 11) is 1.45. The van der Waals surface area contributed by atoms with Gasteiger partial charge in [-0.25, -0.2) is 0 Å². The summed E-state index contributed by atoms with van der Waals surface area (Å²) < 4.78 is 5.10. The zero-order valence-electron chi connectivity index (χ0n) is 11.5. The Kier molecular flexibility index (Phi) is 6.11. The first-order chi connectivity index (χ1) is 9.45. The maximum atomic E-state index is 11.2. The van der Waals surface area contributed by atoms with E-state index in [1.807, 2.05) is 0 Å². The maximum Gasteiger partial charge on any atom is 0.252 e. The van der Waals surface area contributed by atoms with Gasteiger partial charge in [0.05, 0.1) is 23.4 Å². The number of methoxy groups -OCH3 is 1. The summed E-state index contributed by atoms with van der Waals surface area (Å²) in [5.41, 5.74) is 6.13. The van der Waals surface area contributed by atoms with E-state index in [2.05, 4.69) is 10.6 Å². The number of carbonyl (C=O) groups excluding carboxylic acids is 2. The van der Waals surface area contributed by atoms with Crippen LogP contribution in [-0.2, 0) is 4.79 Å². The summed E-state index contributed by atoms with van der Waals surface area (Å²) in [5.74, 6) is -0.289. The Bertz CT molecular complexity index is 506. The molecule has 0 bridgehead atoms. The van der Waals surface area contributed by atoms with E-state index in [0.29, 0.717) is 29.5 Å². The first-order valence-electron chi connectivity index (χ1n) is 6.11. The van der Waals surface area contributed by atoms with Crippen LogP contribution in [-0.4, -0.2) is 32.0 Å². The van der Waals surface area contributed by atoms with E-state index < -0.39 is 5.91 Å². The second-order valence-electron chi connectivity index (χ2n) is 4.16. The highest BCUT2D eigenvalue weighted by molar-refractivity contribution is 6.33.